The smallest absolute Gasteiger partial charge is 0.102 e. The summed E-state index contributed by atoms with van der Waals surface area (Å²) in [4.78, 5) is 1.02. The number of nitriles is 1. The first-order chi connectivity index (χ1) is 8.80. The Labute approximate surface area is 113 Å². The number of nitrogens with one attached hydrogen (secondary N) is 1. The van der Waals surface area contributed by atoms with Crippen molar-refractivity contribution in [3.05, 3.63) is 23.8 Å². The third kappa shape index (κ3) is 2.63. The highest BCUT2D eigenvalue weighted by Crippen LogP contribution is 2.30. The molecule has 0 heterocycles. The van der Waals surface area contributed by atoms with Crippen LogP contribution in [0.2, 0.25) is 0 Å². The van der Waals surface area contributed by atoms with E-state index >= 15 is 0 Å². The van der Waals surface area contributed by atoms with E-state index < -0.39 is 0 Å². The van der Waals surface area contributed by atoms with Crippen LogP contribution in [-0.2, 0) is 4.74 Å². The molecule has 2 atom stereocenters. The maximum Gasteiger partial charge on any atom is 0.102 e. The molecule has 0 amide bonds. The van der Waals surface area contributed by atoms with E-state index in [1.807, 2.05) is 24.5 Å². The number of ether oxygens (including phenoxy) is 1. The quantitative estimate of drug-likeness (QED) is 0.846. The molecule has 96 valence electrons. The largest absolute Gasteiger partial charge is 0.379 e. The first kappa shape index (κ1) is 13.3. The summed E-state index contributed by atoms with van der Waals surface area (Å²) in [5.41, 5.74) is 1.67. The van der Waals surface area contributed by atoms with Crippen LogP contribution < -0.4 is 5.32 Å². The molecule has 18 heavy (non-hydrogen) atoms. The van der Waals surface area contributed by atoms with Gasteiger partial charge in [-0.25, -0.2) is 0 Å². The summed E-state index contributed by atoms with van der Waals surface area (Å²) in [6.45, 7) is 0. The lowest BCUT2D eigenvalue weighted by Crippen LogP contribution is -2.30. The van der Waals surface area contributed by atoms with Crippen molar-refractivity contribution < 1.29 is 4.74 Å². The molecule has 1 aliphatic rings. The van der Waals surface area contributed by atoms with Crippen molar-refractivity contribution in [2.45, 2.75) is 36.3 Å². The minimum absolute atomic E-state index is 0.259. The SMILES string of the molecule is COC1CCCC1Nc1cccc(SC)c1C#N. The second kappa shape index (κ2) is 6.12. The molecule has 1 fully saturated rings. The molecule has 2 rings (SSSR count). The predicted octanol–water partition coefficient (Wildman–Crippen LogP) is 3.26. The monoisotopic (exact) mass is 262 g/mol. The van der Waals surface area contributed by atoms with Crippen LogP contribution in [0, 0.1) is 11.3 Å². The summed E-state index contributed by atoms with van der Waals surface area (Å²) < 4.78 is 5.48. The number of nitrogens with zero attached hydrogens (tertiary/aromatic N) is 1. The minimum Gasteiger partial charge on any atom is -0.379 e. The summed E-state index contributed by atoms with van der Waals surface area (Å²) >= 11 is 1.60. The van der Waals surface area contributed by atoms with Crippen LogP contribution in [0.5, 0.6) is 0 Å². The lowest BCUT2D eigenvalue weighted by Gasteiger charge is -2.22. The van der Waals surface area contributed by atoms with Crippen LogP contribution in [0.25, 0.3) is 0 Å². The van der Waals surface area contributed by atoms with Gasteiger partial charge in [0.05, 0.1) is 23.4 Å². The Morgan fingerprint density at radius 3 is 2.94 bits per heavy atom. The summed E-state index contributed by atoms with van der Waals surface area (Å²) in [5, 5.41) is 12.8. The highest BCUT2D eigenvalue weighted by molar-refractivity contribution is 7.98. The van der Waals surface area contributed by atoms with Gasteiger partial charge in [-0.1, -0.05) is 6.07 Å². The topological polar surface area (TPSA) is 45.0 Å². The van der Waals surface area contributed by atoms with Crippen molar-refractivity contribution in [1.82, 2.24) is 0 Å². The van der Waals surface area contributed by atoms with Crippen molar-refractivity contribution in [3.63, 3.8) is 0 Å². The standard InChI is InChI=1S/C14H18N2OS/c1-17-13-7-3-6-12(13)16-11-5-4-8-14(18-2)10(11)9-15/h4-5,8,12-13,16H,3,6-7H2,1-2H3. The van der Waals surface area contributed by atoms with E-state index in [1.54, 1.807) is 18.9 Å². The Balaban J connectivity index is 2.21. The van der Waals surface area contributed by atoms with Gasteiger partial charge in [0.15, 0.2) is 0 Å². The summed E-state index contributed by atoms with van der Waals surface area (Å²) in [7, 11) is 1.76. The number of methoxy groups -OCH3 is 1. The zero-order valence-electron chi connectivity index (χ0n) is 10.8. The van der Waals surface area contributed by atoms with Crippen molar-refractivity contribution in [1.29, 1.82) is 5.26 Å². The molecule has 0 spiro atoms. The van der Waals surface area contributed by atoms with Gasteiger partial charge in [-0.2, -0.15) is 5.26 Å². The van der Waals surface area contributed by atoms with E-state index in [4.69, 9.17) is 4.74 Å². The van der Waals surface area contributed by atoms with E-state index in [0.29, 0.717) is 6.04 Å². The van der Waals surface area contributed by atoms with Crippen molar-refractivity contribution in [2.75, 3.05) is 18.7 Å². The van der Waals surface area contributed by atoms with Crippen molar-refractivity contribution in [3.8, 4) is 6.07 Å². The maximum absolute atomic E-state index is 9.29. The molecule has 3 nitrogen and oxygen atoms in total. The van der Waals surface area contributed by atoms with Gasteiger partial charge in [0.2, 0.25) is 0 Å². The number of thioether (sulfide) groups is 1. The molecule has 0 bridgehead atoms. The molecule has 0 aliphatic heterocycles. The van der Waals surface area contributed by atoms with Gasteiger partial charge in [-0.3, -0.25) is 0 Å². The molecule has 1 aromatic rings. The number of anilines is 1. The number of hydrogen-bond donors (Lipinski definition) is 1. The first-order valence-electron chi connectivity index (χ1n) is 6.16. The first-order valence-corrected chi connectivity index (χ1v) is 7.39. The second-order valence-corrected chi connectivity index (χ2v) is 5.30. The summed E-state index contributed by atoms with van der Waals surface area (Å²) in [6.07, 6.45) is 5.63. The van der Waals surface area contributed by atoms with E-state index in [2.05, 4.69) is 11.4 Å². The Kier molecular flexibility index (Phi) is 4.51. The highest BCUT2D eigenvalue weighted by Gasteiger charge is 2.27. The molecule has 4 heteroatoms. The Hall–Kier alpha value is -1.18. The van der Waals surface area contributed by atoms with Crippen LogP contribution >= 0.6 is 11.8 Å². The summed E-state index contributed by atoms with van der Waals surface area (Å²) in [5.74, 6) is 0. The zero-order chi connectivity index (χ0) is 13.0. The van der Waals surface area contributed by atoms with Crippen LogP contribution in [-0.4, -0.2) is 25.5 Å². The third-order valence-corrected chi connectivity index (χ3v) is 4.23. The average molecular weight is 262 g/mol. The lowest BCUT2D eigenvalue weighted by molar-refractivity contribution is 0.101. The van der Waals surface area contributed by atoms with Crippen LogP contribution in [0.15, 0.2) is 23.1 Å². The van der Waals surface area contributed by atoms with Gasteiger partial charge >= 0.3 is 0 Å². The molecule has 0 saturated heterocycles. The fourth-order valence-corrected chi connectivity index (χ4v) is 3.08. The van der Waals surface area contributed by atoms with Gasteiger partial charge in [0, 0.05) is 12.0 Å². The molecular weight excluding hydrogens is 244 g/mol. The van der Waals surface area contributed by atoms with Crippen LogP contribution in [0.4, 0.5) is 5.69 Å². The van der Waals surface area contributed by atoms with E-state index in [9.17, 15) is 5.26 Å². The fraction of sp³-hybridized carbons (Fsp3) is 0.500. The van der Waals surface area contributed by atoms with Gasteiger partial charge in [0.25, 0.3) is 0 Å². The molecule has 2 unspecified atom stereocenters. The van der Waals surface area contributed by atoms with E-state index in [0.717, 1.165) is 29.0 Å². The predicted molar refractivity (Wildman–Crippen MR) is 75.0 cm³/mol. The summed E-state index contributed by atoms with van der Waals surface area (Å²) in [6, 6.07) is 8.57. The number of hydrogen-bond acceptors (Lipinski definition) is 4. The fourth-order valence-electron chi connectivity index (χ4n) is 2.51. The molecule has 1 aliphatic carbocycles. The number of rotatable bonds is 4. The molecular formula is C14H18N2OS. The van der Waals surface area contributed by atoms with Gasteiger partial charge in [-0.15, -0.1) is 11.8 Å². The average Bonchev–Trinajstić information content (AvgIpc) is 2.85. The van der Waals surface area contributed by atoms with Gasteiger partial charge < -0.3 is 10.1 Å². The highest BCUT2D eigenvalue weighted by atomic mass is 32.2. The Morgan fingerprint density at radius 2 is 2.28 bits per heavy atom. The molecule has 0 radical (unpaired) electrons. The molecule has 1 N–H and O–H groups in total. The maximum atomic E-state index is 9.29. The van der Waals surface area contributed by atoms with Crippen LogP contribution in [0.1, 0.15) is 24.8 Å². The Bertz CT molecular complexity index is 456. The molecule has 0 aromatic heterocycles. The number of benzene rings is 1. The minimum atomic E-state index is 0.259. The van der Waals surface area contributed by atoms with Crippen molar-refractivity contribution >= 4 is 17.4 Å². The zero-order valence-corrected chi connectivity index (χ0v) is 11.6. The van der Waals surface area contributed by atoms with Gasteiger partial charge in [-0.05, 0) is 37.7 Å². The van der Waals surface area contributed by atoms with Gasteiger partial charge in [0.1, 0.15) is 6.07 Å². The molecule has 1 aromatic carbocycles. The van der Waals surface area contributed by atoms with Crippen molar-refractivity contribution in [2.24, 2.45) is 0 Å². The van der Waals surface area contributed by atoms with E-state index in [-0.39, 0.29) is 6.10 Å². The second-order valence-electron chi connectivity index (χ2n) is 4.45. The third-order valence-electron chi connectivity index (χ3n) is 3.45. The molecule has 1 saturated carbocycles. The normalized spacial score (nSPS) is 22.7. The van der Waals surface area contributed by atoms with E-state index in [1.165, 1.54) is 6.42 Å². The Morgan fingerprint density at radius 1 is 1.44 bits per heavy atom. The lowest BCUT2D eigenvalue weighted by atomic mass is 10.1. The van der Waals surface area contributed by atoms with Crippen LogP contribution in [0.3, 0.4) is 0 Å².